The van der Waals surface area contributed by atoms with Crippen LogP contribution in [-0.4, -0.2) is 17.2 Å². The molecule has 0 aliphatic rings. The van der Waals surface area contributed by atoms with E-state index >= 15 is 0 Å². The third kappa shape index (κ3) is 3.20. The predicted molar refractivity (Wildman–Crippen MR) is 75.3 cm³/mol. The quantitative estimate of drug-likeness (QED) is 0.847. The summed E-state index contributed by atoms with van der Waals surface area (Å²) in [7, 11) is 1.93. The molecule has 0 aliphatic heterocycles. The fraction of sp³-hybridized carbons (Fsp3) is 0.400. The van der Waals surface area contributed by atoms with Gasteiger partial charge in [-0.1, -0.05) is 38.1 Å². The first-order valence-electron chi connectivity index (χ1n) is 6.47. The summed E-state index contributed by atoms with van der Waals surface area (Å²) in [6.07, 6.45) is 1.13. The summed E-state index contributed by atoms with van der Waals surface area (Å²) in [6, 6.07) is 10.8. The molecule has 3 nitrogen and oxygen atoms in total. The lowest BCUT2D eigenvalue weighted by Crippen LogP contribution is -2.04. The monoisotopic (exact) mass is 243 g/mol. The molecule has 18 heavy (non-hydrogen) atoms. The third-order valence-electron chi connectivity index (χ3n) is 2.89. The fourth-order valence-electron chi connectivity index (χ4n) is 2.07. The molecule has 1 heterocycles. The Hall–Kier alpha value is -1.61. The van der Waals surface area contributed by atoms with E-state index in [4.69, 9.17) is 0 Å². The zero-order valence-corrected chi connectivity index (χ0v) is 11.3. The van der Waals surface area contributed by atoms with Crippen molar-refractivity contribution in [3.8, 4) is 11.3 Å². The van der Waals surface area contributed by atoms with Crippen LogP contribution in [0.2, 0.25) is 0 Å². The Bertz CT molecular complexity index is 483. The molecular weight excluding hydrogens is 222 g/mol. The van der Waals surface area contributed by atoms with Gasteiger partial charge in [-0.3, -0.25) is 5.10 Å². The molecule has 0 saturated carbocycles. The standard InChI is InChI=1S/C15H21N3/c1-11(2)8-12-4-6-13(7-5-12)15-9-14(10-16-3)17-18-15/h4-7,9,11,16H,8,10H2,1-3H3,(H,17,18). The molecule has 2 aromatic rings. The van der Waals surface area contributed by atoms with Gasteiger partial charge < -0.3 is 5.32 Å². The van der Waals surface area contributed by atoms with Crippen molar-refractivity contribution < 1.29 is 0 Å². The molecule has 1 aromatic carbocycles. The number of hydrogen-bond donors (Lipinski definition) is 2. The molecule has 0 unspecified atom stereocenters. The number of hydrogen-bond acceptors (Lipinski definition) is 2. The predicted octanol–water partition coefficient (Wildman–Crippen LogP) is 2.99. The topological polar surface area (TPSA) is 40.7 Å². The van der Waals surface area contributed by atoms with E-state index in [1.54, 1.807) is 0 Å². The van der Waals surface area contributed by atoms with E-state index in [9.17, 15) is 0 Å². The lowest BCUT2D eigenvalue weighted by Gasteiger charge is -2.05. The summed E-state index contributed by atoms with van der Waals surface area (Å²) >= 11 is 0. The van der Waals surface area contributed by atoms with Crippen LogP contribution in [0.15, 0.2) is 30.3 Å². The second kappa shape index (κ2) is 5.83. The van der Waals surface area contributed by atoms with Crippen LogP contribution in [0, 0.1) is 5.92 Å². The van der Waals surface area contributed by atoms with E-state index in [1.807, 2.05) is 7.05 Å². The van der Waals surface area contributed by atoms with Crippen LogP contribution in [0.25, 0.3) is 11.3 Å². The summed E-state index contributed by atoms with van der Waals surface area (Å²) in [6.45, 7) is 5.30. The summed E-state index contributed by atoms with van der Waals surface area (Å²) in [5.41, 5.74) is 4.68. The largest absolute Gasteiger partial charge is 0.314 e. The van der Waals surface area contributed by atoms with E-state index in [-0.39, 0.29) is 0 Å². The number of benzene rings is 1. The highest BCUT2D eigenvalue weighted by Gasteiger charge is 2.04. The fourth-order valence-corrected chi connectivity index (χ4v) is 2.07. The molecule has 0 radical (unpaired) electrons. The van der Waals surface area contributed by atoms with Crippen molar-refractivity contribution in [1.29, 1.82) is 0 Å². The van der Waals surface area contributed by atoms with Crippen LogP contribution < -0.4 is 5.32 Å². The summed E-state index contributed by atoms with van der Waals surface area (Å²) < 4.78 is 0. The lowest BCUT2D eigenvalue weighted by molar-refractivity contribution is 0.647. The minimum atomic E-state index is 0.698. The molecule has 0 amide bonds. The second-order valence-corrected chi connectivity index (χ2v) is 5.10. The lowest BCUT2D eigenvalue weighted by atomic mass is 10.0. The van der Waals surface area contributed by atoms with Gasteiger partial charge in [-0.05, 0) is 31.0 Å². The minimum absolute atomic E-state index is 0.698. The highest BCUT2D eigenvalue weighted by molar-refractivity contribution is 5.59. The molecule has 1 aromatic heterocycles. The first kappa shape index (κ1) is 12.8. The Morgan fingerprint density at radius 3 is 2.56 bits per heavy atom. The Labute approximate surface area is 109 Å². The van der Waals surface area contributed by atoms with Crippen molar-refractivity contribution >= 4 is 0 Å². The molecule has 0 atom stereocenters. The third-order valence-corrected chi connectivity index (χ3v) is 2.89. The van der Waals surface area contributed by atoms with Gasteiger partial charge in [-0.15, -0.1) is 0 Å². The maximum Gasteiger partial charge on any atom is 0.0924 e. The number of H-pyrrole nitrogens is 1. The van der Waals surface area contributed by atoms with E-state index < -0.39 is 0 Å². The number of aromatic nitrogens is 2. The summed E-state index contributed by atoms with van der Waals surface area (Å²) in [4.78, 5) is 0. The molecule has 3 heteroatoms. The van der Waals surface area contributed by atoms with Crippen LogP contribution in [0.5, 0.6) is 0 Å². The van der Waals surface area contributed by atoms with Crippen molar-refractivity contribution in [2.24, 2.45) is 5.92 Å². The van der Waals surface area contributed by atoms with Gasteiger partial charge in [0.2, 0.25) is 0 Å². The van der Waals surface area contributed by atoms with Crippen LogP contribution in [0.4, 0.5) is 0 Å². The Morgan fingerprint density at radius 2 is 1.94 bits per heavy atom. The van der Waals surface area contributed by atoms with E-state index in [1.165, 1.54) is 11.1 Å². The summed E-state index contributed by atoms with van der Waals surface area (Å²) in [5.74, 6) is 0.698. The molecule has 0 spiro atoms. The average Bonchev–Trinajstić information content (AvgIpc) is 2.78. The first-order valence-corrected chi connectivity index (χ1v) is 6.47. The van der Waals surface area contributed by atoms with Crippen LogP contribution in [0.3, 0.4) is 0 Å². The van der Waals surface area contributed by atoms with Gasteiger partial charge in [0.25, 0.3) is 0 Å². The minimum Gasteiger partial charge on any atom is -0.314 e. The molecule has 0 fully saturated rings. The van der Waals surface area contributed by atoms with Crippen molar-refractivity contribution in [2.45, 2.75) is 26.8 Å². The highest BCUT2D eigenvalue weighted by atomic mass is 15.1. The Kier molecular flexibility index (Phi) is 4.15. The van der Waals surface area contributed by atoms with E-state index in [0.29, 0.717) is 5.92 Å². The van der Waals surface area contributed by atoms with Crippen molar-refractivity contribution in [3.63, 3.8) is 0 Å². The average molecular weight is 243 g/mol. The Balaban J connectivity index is 2.12. The number of aromatic amines is 1. The molecule has 0 bridgehead atoms. The zero-order valence-electron chi connectivity index (χ0n) is 11.3. The van der Waals surface area contributed by atoms with Gasteiger partial charge in [0.1, 0.15) is 0 Å². The number of nitrogens with one attached hydrogen (secondary N) is 2. The molecule has 2 rings (SSSR count). The molecular formula is C15H21N3. The van der Waals surface area contributed by atoms with Gasteiger partial charge in [-0.25, -0.2) is 0 Å². The normalized spacial score (nSPS) is 11.1. The number of nitrogens with zero attached hydrogens (tertiary/aromatic N) is 1. The van der Waals surface area contributed by atoms with Crippen molar-refractivity contribution in [3.05, 3.63) is 41.6 Å². The first-order chi connectivity index (χ1) is 8.69. The summed E-state index contributed by atoms with van der Waals surface area (Å²) in [5, 5.41) is 10.5. The number of rotatable bonds is 5. The maximum absolute atomic E-state index is 4.33. The van der Waals surface area contributed by atoms with Gasteiger partial charge in [0.15, 0.2) is 0 Å². The maximum atomic E-state index is 4.33. The molecule has 0 saturated heterocycles. The van der Waals surface area contributed by atoms with Crippen LogP contribution >= 0.6 is 0 Å². The van der Waals surface area contributed by atoms with Crippen molar-refractivity contribution in [1.82, 2.24) is 15.5 Å². The van der Waals surface area contributed by atoms with Crippen LogP contribution in [-0.2, 0) is 13.0 Å². The van der Waals surface area contributed by atoms with Gasteiger partial charge in [0.05, 0.1) is 5.69 Å². The zero-order chi connectivity index (χ0) is 13.0. The van der Waals surface area contributed by atoms with E-state index in [2.05, 4.69) is 59.7 Å². The van der Waals surface area contributed by atoms with Crippen LogP contribution in [0.1, 0.15) is 25.1 Å². The smallest absolute Gasteiger partial charge is 0.0924 e. The van der Waals surface area contributed by atoms with E-state index in [0.717, 1.165) is 24.4 Å². The van der Waals surface area contributed by atoms with Crippen molar-refractivity contribution in [2.75, 3.05) is 7.05 Å². The SMILES string of the molecule is CNCc1cc(-c2ccc(CC(C)C)cc2)n[nH]1. The van der Waals surface area contributed by atoms with Gasteiger partial charge in [-0.2, -0.15) is 5.10 Å². The van der Waals surface area contributed by atoms with Gasteiger partial charge >= 0.3 is 0 Å². The molecule has 96 valence electrons. The Morgan fingerprint density at radius 1 is 1.22 bits per heavy atom. The highest BCUT2D eigenvalue weighted by Crippen LogP contribution is 2.19. The molecule has 2 N–H and O–H groups in total. The second-order valence-electron chi connectivity index (χ2n) is 5.10. The van der Waals surface area contributed by atoms with Gasteiger partial charge in [0, 0.05) is 17.8 Å². The molecule has 0 aliphatic carbocycles.